The normalized spacial score (nSPS) is 10.8. The van der Waals surface area contributed by atoms with Gasteiger partial charge in [-0.15, -0.1) is 12.4 Å². The zero-order valence-corrected chi connectivity index (χ0v) is 19.1. The maximum absolute atomic E-state index is 13.0. The monoisotopic (exact) mass is 453 g/mol. The van der Waals surface area contributed by atoms with Gasteiger partial charge in [-0.05, 0) is 57.7 Å². The number of ether oxygens (including phenoxy) is 1. The van der Waals surface area contributed by atoms with Gasteiger partial charge in [-0.3, -0.25) is 9.69 Å². The zero-order valence-electron chi connectivity index (χ0n) is 16.7. The Morgan fingerprint density at radius 2 is 1.90 bits per heavy atom. The van der Waals surface area contributed by atoms with Crippen LogP contribution in [0, 0.1) is 6.92 Å². The van der Waals surface area contributed by atoms with Gasteiger partial charge in [0.05, 0.1) is 9.72 Å². The van der Waals surface area contributed by atoms with Crippen molar-refractivity contribution in [2.75, 3.05) is 38.7 Å². The van der Waals surface area contributed by atoms with Gasteiger partial charge in [-0.25, -0.2) is 4.98 Å². The number of halogens is 2. The van der Waals surface area contributed by atoms with Crippen molar-refractivity contribution < 1.29 is 9.53 Å². The second-order valence-corrected chi connectivity index (χ2v) is 8.26. The van der Waals surface area contributed by atoms with E-state index in [9.17, 15) is 4.79 Å². The Hall–Kier alpha value is -1.86. The van der Waals surface area contributed by atoms with Gasteiger partial charge in [0.2, 0.25) is 0 Å². The molecule has 0 aliphatic heterocycles. The quantitative estimate of drug-likeness (QED) is 0.478. The molecular formula is C21H25Cl2N3O2S. The number of fused-ring (bicyclic) bond motifs is 1. The number of rotatable bonds is 8. The number of benzene rings is 2. The van der Waals surface area contributed by atoms with E-state index in [-0.39, 0.29) is 24.9 Å². The Morgan fingerprint density at radius 3 is 2.59 bits per heavy atom. The fraction of sp³-hybridized carbons (Fsp3) is 0.333. The number of nitrogens with zero attached hydrogens (tertiary/aromatic N) is 3. The smallest absolute Gasteiger partial charge is 0.266 e. The van der Waals surface area contributed by atoms with E-state index in [1.54, 1.807) is 4.90 Å². The number of hydrogen-bond donors (Lipinski definition) is 0. The highest BCUT2D eigenvalue weighted by Gasteiger charge is 2.21. The number of amides is 1. The molecule has 0 saturated carbocycles. The summed E-state index contributed by atoms with van der Waals surface area (Å²) in [5, 5.41) is 1.25. The van der Waals surface area contributed by atoms with E-state index >= 15 is 0 Å². The average Bonchev–Trinajstić information content (AvgIpc) is 3.09. The second kappa shape index (κ2) is 10.8. The van der Waals surface area contributed by atoms with Gasteiger partial charge in [0.1, 0.15) is 11.3 Å². The van der Waals surface area contributed by atoms with E-state index in [1.165, 1.54) is 11.3 Å². The Morgan fingerprint density at radius 1 is 1.14 bits per heavy atom. The number of carbonyl (C=O) groups excluding carboxylic acids is 1. The first kappa shape index (κ1) is 23.4. The van der Waals surface area contributed by atoms with Crippen molar-refractivity contribution in [3.63, 3.8) is 0 Å². The Labute approximate surface area is 186 Å². The molecule has 0 N–H and O–H groups in total. The predicted molar refractivity (Wildman–Crippen MR) is 124 cm³/mol. The molecule has 0 fully saturated rings. The van der Waals surface area contributed by atoms with Gasteiger partial charge in [0.25, 0.3) is 5.91 Å². The van der Waals surface area contributed by atoms with Crippen LogP contribution in [0.3, 0.4) is 0 Å². The van der Waals surface area contributed by atoms with Crippen LogP contribution in [0.2, 0.25) is 5.02 Å². The molecule has 0 atom stereocenters. The molecule has 1 amide bonds. The number of anilines is 1. The lowest BCUT2D eigenvalue weighted by atomic mass is 10.2. The highest BCUT2D eigenvalue weighted by atomic mass is 35.5. The first-order chi connectivity index (χ1) is 13.5. The maximum Gasteiger partial charge on any atom is 0.266 e. The van der Waals surface area contributed by atoms with Gasteiger partial charge in [-0.1, -0.05) is 47.2 Å². The lowest BCUT2D eigenvalue weighted by molar-refractivity contribution is -0.120. The molecule has 3 aromatic rings. The number of para-hydroxylation sites is 2. The summed E-state index contributed by atoms with van der Waals surface area (Å²) in [4.78, 5) is 21.4. The number of aryl methyl sites for hydroxylation is 1. The fourth-order valence-electron chi connectivity index (χ4n) is 2.83. The van der Waals surface area contributed by atoms with Crippen molar-refractivity contribution >= 4 is 56.6 Å². The standard InChI is InChI=1S/C21H24ClN3O2S.ClH/c1-15-8-4-5-10-17(15)27-14-19(26)25(13-7-12-24(2)3)21-23-20-16(22)9-6-11-18(20)28-21;/h4-6,8-11H,7,12-14H2,1-3H3;1H. The van der Waals surface area contributed by atoms with Gasteiger partial charge >= 0.3 is 0 Å². The molecule has 0 spiro atoms. The van der Waals surface area contributed by atoms with E-state index < -0.39 is 0 Å². The topological polar surface area (TPSA) is 45.7 Å². The molecule has 0 aliphatic carbocycles. The Kier molecular flexibility index (Phi) is 8.71. The number of hydrogen-bond acceptors (Lipinski definition) is 5. The predicted octanol–water partition coefficient (Wildman–Crippen LogP) is 5.04. The maximum atomic E-state index is 13.0. The molecule has 1 heterocycles. The molecule has 29 heavy (non-hydrogen) atoms. The molecular weight excluding hydrogens is 429 g/mol. The van der Waals surface area contributed by atoms with Crippen molar-refractivity contribution in [2.45, 2.75) is 13.3 Å². The van der Waals surface area contributed by atoms with Gasteiger partial charge in [0, 0.05) is 6.54 Å². The first-order valence-corrected chi connectivity index (χ1v) is 10.3. The molecule has 1 aromatic heterocycles. The summed E-state index contributed by atoms with van der Waals surface area (Å²) >= 11 is 7.74. The summed E-state index contributed by atoms with van der Waals surface area (Å²) in [6, 6.07) is 13.4. The van der Waals surface area contributed by atoms with Crippen LogP contribution >= 0.6 is 35.3 Å². The summed E-state index contributed by atoms with van der Waals surface area (Å²) in [6.45, 7) is 3.39. The van der Waals surface area contributed by atoms with E-state index in [4.69, 9.17) is 16.3 Å². The van der Waals surface area contributed by atoms with E-state index in [1.807, 2.05) is 63.5 Å². The number of carbonyl (C=O) groups is 1. The van der Waals surface area contributed by atoms with Crippen molar-refractivity contribution in [3.8, 4) is 5.75 Å². The first-order valence-electron chi connectivity index (χ1n) is 9.14. The van der Waals surface area contributed by atoms with Gasteiger partial charge in [0.15, 0.2) is 11.7 Å². The summed E-state index contributed by atoms with van der Waals surface area (Å²) in [7, 11) is 4.04. The molecule has 0 aliphatic rings. The van der Waals surface area contributed by atoms with Crippen molar-refractivity contribution in [1.29, 1.82) is 0 Å². The SMILES string of the molecule is Cc1ccccc1OCC(=O)N(CCCN(C)C)c1nc2c(Cl)cccc2s1.Cl. The molecule has 0 saturated heterocycles. The van der Waals surface area contributed by atoms with Crippen molar-refractivity contribution in [1.82, 2.24) is 9.88 Å². The van der Waals surface area contributed by atoms with Gasteiger partial charge < -0.3 is 9.64 Å². The molecule has 2 aromatic carbocycles. The van der Waals surface area contributed by atoms with Crippen LogP contribution < -0.4 is 9.64 Å². The van der Waals surface area contributed by atoms with Crippen molar-refractivity contribution in [2.24, 2.45) is 0 Å². The van der Waals surface area contributed by atoms with E-state index in [2.05, 4.69) is 9.88 Å². The zero-order chi connectivity index (χ0) is 20.1. The Balaban J connectivity index is 0.00000300. The lowest BCUT2D eigenvalue weighted by Gasteiger charge is -2.21. The molecule has 0 bridgehead atoms. The molecule has 0 radical (unpaired) electrons. The second-order valence-electron chi connectivity index (χ2n) is 6.84. The van der Waals surface area contributed by atoms with Crippen LogP contribution in [-0.2, 0) is 4.79 Å². The summed E-state index contributed by atoms with van der Waals surface area (Å²) in [6.07, 6.45) is 0.840. The van der Waals surface area contributed by atoms with Crippen LogP contribution in [0.4, 0.5) is 5.13 Å². The molecule has 3 rings (SSSR count). The molecule has 156 valence electrons. The summed E-state index contributed by atoms with van der Waals surface area (Å²) < 4.78 is 6.74. The summed E-state index contributed by atoms with van der Waals surface area (Å²) in [5.41, 5.74) is 1.73. The fourth-order valence-corrected chi connectivity index (χ4v) is 4.14. The highest BCUT2D eigenvalue weighted by molar-refractivity contribution is 7.22. The van der Waals surface area contributed by atoms with E-state index in [0.29, 0.717) is 16.7 Å². The largest absolute Gasteiger partial charge is 0.483 e. The van der Waals surface area contributed by atoms with Gasteiger partial charge in [-0.2, -0.15) is 0 Å². The van der Waals surface area contributed by atoms with Crippen LogP contribution in [-0.4, -0.2) is 49.6 Å². The third-order valence-corrected chi connectivity index (χ3v) is 5.67. The molecule has 8 heteroatoms. The number of aromatic nitrogens is 1. The average molecular weight is 454 g/mol. The van der Waals surface area contributed by atoms with Crippen LogP contribution in [0.15, 0.2) is 42.5 Å². The summed E-state index contributed by atoms with van der Waals surface area (Å²) in [5.74, 6) is 0.605. The molecule has 0 unspecified atom stereocenters. The highest BCUT2D eigenvalue weighted by Crippen LogP contribution is 2.33. The Bertz CT molecular complexity index is 962. The third-order valence-electron chi connectivity index (χ3n) is 4.32. The van der Waals surface area contributed by atoms with Crippen molar-refractivity contribution in [3.05, 3.63) is 53.1 Å². The van der Waals surface area contributed by atoms with Crippen LogP contribution in [0.1, 0.15) is 12.0 Å². The third kappa shape index (κ3) is 6.06. The molecule has 5 nitrogen and oxygen atoms in total. The van der Waals surface area contributed by atoms with E-state index in [0.717, 1.165) is 34.5 Å². The minimum absolute atomic E-state index is 0. The minimum atomic E-state index is -0.114. The van der Waals surface area contributed by atoms with Crippen LogP contribution in [0.25, 0.3) is 10.2 Å². The number of thiazole rings is 1. The minimum Gasteiger partial charge on any atom is -0.483 e. The lowest BCUT2D eigenvalue weighted by Crippen LogP contribution is -2.36. The van der Waals surface area contributed by atoms with Crippen LogP contribution in [0.5, 0.6) is 5.75 Å².